The first-order chi connectivity index (χ1) is 9.36. The molecule has 0 spiro atoms. The predicted molar refractivity (Wildman–Crippen MR) is 67.6 cm³/mol. The van der Waals surface area contributed by atoms with Crippen molar-refractivity contribution >= 4 is 11.8 Å². The lowest BCUT2D eigenvalue weighted by molar-refractivity contribution is -0.118. The van der Waals surface area contributed by atoms with Gasteiger partial charge in [0.15, 0.2) is 6.61 Å². The van der Waals surface area contributed by atoms with Crippen LogP contribution in [-0.2, 0) is 9.53 Å². The van der Waals surface area contributed by atoms with Crippen molar-refractivity contribution in [1.29, 1.82) is 5.26 Å². The first-order valence-electron chi connectivity index (χ1n) is 5.45. The minimum Gasteiger partial charge on any atom is -0.508 e. The Balaban J connectivity index is 2.76. The zero-order chi connectivity index (χ0) is 15.3. The molecule has 1 aromatic carbocycles. The Bertz CT molecular complexity index is 624. The monoisotopic (exact) mass is 276 g/mol. The summed E-state index contributed by atoms with van der Waals surface area (Å²) < 4.78 is 4.67. The summed E-state index contributed by atoms with van der Waals surface area (Å²) >= 11 is 0. The van der Waals surface area contributed by atoms with Crippen LogP contribution in [0.5, 0.6) is 11.5 Å². The molecule has 7 heteroatoms. The Morgan fingerprint density at radius 2 is 2.05 bits per heavy atom. The molecular weight excluding hydrogens is 264 g/mol. The average Bonchev–Trinajstić information content (AvgIpc) is 2.36. The molecule has 1 rings (SSSR count). The number of nitriles is 1. The number of hydrogen-bond donors (Lipinski definition) is 3. The number of esters is 1. The Morgan fingerprint density at radius 1 is 1.40 bits per heavy atom. The van der Waals surface area contributed by atoms with Gasteiger partial charge in [0.25, 0.3) is 0 Å². The second-order valence-electron chi connectivity index (χ2n) is 3.87. The van der Waals surface area contributed by atoms with Crippen LogP contribution in [0.2, 0.25) is 0 Å². The van der Waals surface area contributed by atoms with E-state index in [-0.39, 0.29) is 22.6 Å². The number of ether oxygens (including phenoxy) is 1. The summed E-state index contributed by atoms with van der Waals surface area (Å²) in [5.41, 5.74) is 4.87. The first-order valence-corrected chi connectivity index (χ1v) is 5.45. The van der Waals surface area contributed by atoms with Crippen LogP contribution in [0.3, 0.4) is 0 Å². The number of Topliss-reactive ketones (excluding diaryl/α,β-unsaturated/α-hetero) is 1. The van der Waals surface area contributed by atoms with Crippen LogP contribution in [0.1, 0.15) is 17.3 Å². The maximum absolute atomic E-state index is 11.6. The molecule has 0 atom stereocenters. The van der Waals surface area contributed by atoms with Gasteiger partial charge in [-0.2, -0.15) is 5.26 Å². The molecule has 0 unspecified atom stereocenters. The lowest BCUT2D eigenvalue weighted by Gasteiger charge is -2.06. The van der Waals surface area contributed by atoms with Crippen LogP contribution < -0.4 is 5.73 Å². The number of allylic oxidation sites excluding steroid dienone is 1. The number of nitrogens with two attached hydrogens (primary N) is 1. The number of aromatic hydroxyl groups is 2. The van der Waals surface area contributed by atoms with Gasteiger partial charge in [-0.05, 0) is 19.1 Å². The third-order valence-electron chi connectivity index (χ3n) is 2.32. The SMILES string of the molecule is C/C(N)=C(/C#N)C(=O)COC(=O)c1ccc(O)cc1O. The number of ketones is 1. The van der Waals surface area contributed by atoms with E-state index in [0.29, 0.717) is 0 Å². The molecule has 7 nitrogen and oxygen atoms in total. The quantitative estimate of drug-likeness (QED) is 0.416. The van der Waals surface area contributed by atoms with Crippen molar-refractivity contribution in [1.82, 2.24) is 0 Å². The first kappa shape index (κ1) is 15.0. The van der Waals surface area contributed by atoms with Crippen LogP contribution in [0.15, 0.2) is 29.5 Å². The van der Waals surface area contributed by atoms with Crippen molar-refractivity contribution < 1.29 is 24.5 Å². The largest absolute Gasteiger partial charge is 0.508 e. The van der Waals surface area contributed by atoms with E-state index in [1.807, 2.05) is 0 Å². The summed E-state index contributed by atoms with van der Waals surface area (Å²) in [5.74, 6) is -2.39. The van der Waals surface area contributed by atoms with E-state index in [9.17, 15) is 14.7 Å². The standard InChI is InChI=1S/C13H12N2O5/c1-7(15)10(5-14)12(18)6-20-13(19)9-3-2-8(16)4-11(9)17/h2-4,16-17H,6,15H2,1H3/b10-7+. The van der Waals surface area contributed by atoms with Crippen LogP contribution in [0, 0.1) is 11.3 Å². The summed E-state index contributed by atoms with van der Waals surface area (Å²) in [5, 5.41) is 27.2. The molecule has 0 aliphatic heterocycles. The van der Waals surface area contributed by atoms with Crippen molar-refractivity contribution in [2.45, 2.75) is 6.92 Å². The van der Waals surface area contributed by atoms with Crippen molar-refractivity contribution in [2.75, 3.05) is 6.61 Å². The minimum absolute atomic E-state index is 0.0287. The van der Waals surface area contributed by atoms with Gasteiger partial charge in [0.05, 0.1) is 0 Å². The molecule has 0 saturated carbocycles. The molecule has 0 radical (unpaired) electrons. The minimum atomic E-state index is -0.956. The molecule has 0 aliphatic carbocycles. The van der Waals surface area contributed by atoms with Crippen molar-refractivity contribution in [2.24, 2.45) is 5.73 Å². The maximum Gasteiger partial charge on any atom is 0.342 e. The van der Waals surface area contributed by atoms with Gasteiger partial charge in [-0.15, -0.1) is 0 Å². The fraction of sp³-hybridized carbons (Fsp3) is 0.154. The van der Waals surface area contributed by atoms with Crippen molar-refractivity contribution in [3.05, 3.63) is 35.0 Å². The van der Waals surface area contributed by atoms with Crippen LogP contribution in [-0.4, -0.2) is 28.6 Å². The molecule has 0 fully saturated rings. The molecule has 104 valence electrons. The summed E-state index contributed by atoms with van der Waals surface area (Å²) in [7, 11) is 0. The molecule has 0 aliphatic rings. The molecule has 0 saturated heterocycles. The number of carbonyl (C=O) groups is 2. The van der Waals surface area contributed by atoms with Gasteiger partial charge >= 0.3 is 5.97 Å². The van der Waals surface area contributed by atoms with Gasteiger partial charge in [0, 0.05) is 11.8 Å². The number of hydrogen-bond acceptors (Lipinski definition) is 7. The Kier molecular flexibility index (Phi) is 4.70. The van der Waals surface area contributed by atoms with E-state index in [1.54, 1.807) is 6.07 Å². The van der Waals surface area contributed by atoms with Gasteiger partial charge in [-0.25, -0.2) is 4.79 Å². The average molecular weight is 276 g/mol. The fourth-order valence-corrected chi connectivity index (χ4v) is 1.34. The highest BCUT2D eigenvalue weighted by atomic mass is 16.5. The second kappa shape index (κ2) is 6.24. The number of carbonyl (C=O) groups excluding carboxylic acids is 2. The van der Waals surface area contributed by atoms with E-state index in [4.69, 9.17) is 16.1 Å². The summed E-state index contributed by atoms with van der Waals surface area (Å²) in [4.78, 5) is 23.2. The van der Waals surface area contributed by atoms with E-state index in [0.717, 1.165) is 12.1 Å². The molecule has 0 aromatic heterocycles. The van der Waals surface area contributed by atoms with Crippen LogP contribution in [0.25, 0.3) is 0 Å². The summed E-state index contributed by atoms with van der Waals surface area (Å²) in [6.07, 6.45) is 0. The van der Waals surface area contributed by atoms with Crippen molar-refractivity contribution in [3.8, 4) is 17.6 Å². The lowest BCUT2D eigenvalue weighted by atomic mass is 10.1. The Morgan fingerprint density at radius 3 is 2.55 bits per heavy atom. The molecule has 0 amide bonds. The lowest BCUT2D eigenvalue weighted by Crippen LogP contribution is -2.17. The number of benzene rings is 1. The topological polar surface area (TPSA) is 134 Å². The molecule has 0 heterocycles. The predicted octanol–water partition coefficient (Wildman–Crippen LogP) is 0.580. The van der Waals surface area contributed by atoms with Crippen LogP contribution in [0.4, 0.5) is 0 Å². The van der Waals surface area contributed by atoms with E-state index in [1.165, 1.54) is 13.0 Å². The van der Waals surface area contributed by atoms with E-state index < -0.39 is 24.1 Å². The molecule has 4 N–H and O–H groups in total. The highest BCUT2D eigenvalue weighted by Crippen LogP contribution is 2.23. The molecule has 0 bridgehead atoms. The second-order valence-corrected chi connectivity index (χ2v) is 3.87. The highest BCUT2D eigenvalue weighted by molar-refractivity contribution is 6.02. The Labute approximate surface area is 114 Å². The third-order valence-corrected chi connectivity index (χ3v) is 2.32. The highest BCUT2D eigenvalue weighted by Gasteiger charge is 2.17. The fourth-order valence-electron chi connectivity index (χ4n) is 1.34. The van der Waals surface area contributed by atoms with Gasteiger partial charge in [0.1, 0.15) is 28.7 Å². The molecular formula is C13H12N2O5. The number of nitrogens with zero attached hydrogens (tertiary/aromatic N) is 1. The van der Waals surface area contributed by atoms with Gasteiger partial charge in [0.2, 0.25) is 5.78 Å². The summed E-state index contributed by atoms with van der Waals surface area (Å²) in [6.45, 7) is 0.709. The third kappa shape index (κ3) is 3.49. The zero-order valence-electron chi connectivity index (χ0n) is 10.6. The summed E-state index contributed by atoms with van der Waals surface area (Å²) in [6, 6.07) is 4.91. The molecule has 1 aromatic rings. The zero-order valence-corrected chi connectivity index (χ0v) is 10.6. The Hall–Kier alpha value is -3.01. The smallest absolute Gasteiger partial charge is 0.342 e. The van der Waals surface area contributed by atoms with E-state index in [2.05, 4.69) is 4.74 Å². The van der Waals surface area contributed by atoms with Crippen molar-refractivity contribution in [3.63, 3.8) is 0 Å². The van der Waals surface area contributed by atoms with E-state index >= 15 is 0 Å². The number of phenols is 2. The molecule has 20 heavy (non-hydrogen) atoms. The maximum atomic E-state index is 11.6. The normalized spacial score (nSPS) is 11.2. The van der Waals surface area contributed by atoms with Gasteiger partial charge in [-0.3, -0.25) is 4.79 Å². The van der Waals surface area contributed by atoms with Crippen LogP contribution >= 0.6 is 0 Å². The van der Waals surface area contributed by atoms with Gasteiger partial charge < -0.3 is 20.7 Å². The van der Waals surface area contributed by atoms with Gasteiger partial charge in [-0.1, -0.05) is 0 Å². The number of rotatable bonds is 4. The number of phenolic OH excluding ortho intramolecular Hbond substituents is 2.